The van der Waals surface area contributed by atoms with Crippen LogP contribution < -0.4 is 10.2 Å². The summed E-state index contributed by atoms with van der Waals surface area (Å²) in [5, 5.41) is 2.82. The second-order valence-corrected chi connectivity index (χ2v) is 6.75. The summed E-state index contributed by atoms with van der Waals surface area (Å²) >= 11 is 0. The summed E-state index contributed by atoms with van der Waals surface area (Å²) in [5.74, 6) is 0.126. The first-order chi connectivity index (χ1) is 12.5. The lowest BCUT2D eigenvalue weighted by atomic mass is 10.1. The second-order valence-electron chi connectivity index (χ2n) is 6.75. The smallest absolute Gasteiger partial charge is 0.250 e. The Bertz CT molecular complexity index is 629. The summed E-state index contributed by atoms with van der Waals surface area (Å²) in [6, 6.07) is 5.73. The zero-order valence-electron chi connectivity index (χ0n) is 16.1. The fourth-order valence-corrected chi connectivity index (χ4v) is 2.82. The van der Waals surface area contributed by atoms with Crippen LogP contribution in [0.4, 0.5) is 11.4 Å². The summed E-state index contributed by atoms with van der Waals surface area (Å²) in [6.07, 6.45) is 1.94. The van der Waals surface area contributed by atoms with E-state index in [2.05, 4.69) is 5.32 Å². The van der Waals surface area contributed by atoms with Crippen LogP contribution in [0.25, 0.3) is 0 Å². The van der Waals surface area contributed by atoms with E-state index in [-0.39, 0.29) is 24.3 Å². The van der Waals surface area contributed by atoms with Crippen LogP contribution in [-0.4, -0.2) is 64.8 Å². The second kappa shape index (κ2) is 9.54. The molecule has 0 aromatic heterocycles. The Balaban J connectivity index is 2.21. The highest BCUT2D eigenvalue weighted by Gasteiger charge is 2.33. The molecule has 0 atom stereocenters. The maximum atomic E-state index is 12.6. The van der Waals surface area contributed by atoms with Crippen LogP contribution in [0.1, 0.15) is 18.4 Å². The van der Waals surface area contributed by atoms with E-state index < -0.39 is 0 Å². The molecule has 1 aliphatic carbocycles. The van der Waals surface area contributed by atoms with Crippen molar-refractivity contribution in [2.75, 3.05) is 58.3 Å². The van der Waals surface area contributed by atoms with E-state index in [1.54, 1.807) is 7.11 Å². The standard InChI is InChI=1S/C19H29N3O4/c1-21(2)17-8-7-16(20-18(23)13-26-4)11-15(17)12-22(9-10-25-3)19(24)14-5-6-14/h7-8,11,14H,5-6,9-10,12-13H2,1-4H3,(H,20,23). The van der Waals surface area contributed by atoms with Gasteiger partial charge >= 0.3 is 0 Å². The Morgan fingerprint density at radius 2 is 1.92 bits per heavy atom. The number of carbonyl (C=O) groups is 2. The van der Waals surface area contributed by atoms with Crippen LogP contribution in [0.15, 0.2) is 18.2 Å². The lowest BCUT2D eigenvalue weighted by Crippen LogP contribution is -2.35. The van der Waals surface area contributed by atoms with Crippen molar-refractivity contribution >= 4 is 23.2 Å². The molecule has 26 heavy (non-hydrogen) atoms. The average Bonchev–Trinajstić information content (AvgIpc) is 3.43. The zero-order chi connectivity index (χ0) is 19.1. The normalized spacial score (nSPS) is 13.4. The number of ether oxygens (including phenoxy) is 2. The molecule has 1 aromatic carbocycles. The number of nitrogens with one attached hydrogen (secondary N) is 1. The molecule has 7 nitrogen and oxygen atoms in total. The lowest BCUT2D eigenvalue weighted by Gasteiger charge is -2.26. The van der Waals surface area contributed by atoms with Gasteiger partial charge in [-0.05, 0) is 36.6 Å². The van der Waals surface area contributed by atoms with Gasteiger partial charge in [-0.3, -0.25) is 9.59 Å². The number of hydrogen-bond acceptors (Lipinski definition) is 5. The number of methoxy groups -OCH3 is 2. The molecular formula is C19H29N3O4. The highest BCUT2D eigenvalue weighted by molar-refractivity contribution is 5.92. The van der Waals surface area contributed by atoms with Crippen LogP contribution in [0.2, 0.25) is 0 Å². The SMILES string of the molecule is COCCN(Cc1cc(NC(=O)COC)ccc1N(C)C)C(=O)C1CC1. The minimum Gasteiger partial charge on any atom is -0.383 e. The van der Waals surface area contributed by atoms with Crippen LogP contribution in [0.3, 0.4) is 0 Å². The Kier molecular flexibility index (Phi) is 7.41. The third-order valence-corrected chi connectivity index (χ3v) is 4.29. The largest absolute Gasteiger partial charge is 0.383 e. The molecule has 0 bridgehead atoms. The number of carbonyl (C=O) groups excluding carboxylic acids is 2. The quantitative estimate of drug-likeness (QED) is 0.685. The molecule has 0 radical (unpaired) electrons. The molecule has 0 spiro atoms. The first kappa shape index (κ1) is 20.2. The van der Waals surface area contributed by atoms with E-state index in [4.69, 9.17) is 9.47 Å². The van der Waals surface area contributed by atoms with Crippen molar-refractivity contribution in [3.8, 4) is 0 Å². The first-order valence-corrected chi connectivity index (χ1v) is 8.83. The molecule has 2 amide bonds. The first-order valence-electron chi connectivity index (χ1n) is 8.83. The van der Waals surface area contributed by atoms with E-state index in [1.807, 2.05) is 42.1 Å². The van der Waals surface area contributed by atoms with Gasteiger partial charge in [0.2, 0.25) is 11.8 Å². The van der Waals surface area contributed by atoms with Gasteiger partial charge in [-0.25, -0.2) is 0 Å². The van der Waals surface area contributed by atoms with Gasteiger partial charge in [0.25, 0.3) is 0 Å². The lowest BCUT2D eigenvalue weighted by molar-refractivity contribution is -0.133. The van der Waals surface area contributed by atoms with Gasteiger partial charge in [-0.1, -0.05) is 0 Å². The Labute approximate surface area is 155 Å². The minimum atomic E-state index is -0.207. The molecule has 0 aliphatic heterocycles. The summed E-state index contributed by atoms with van der Waals surface area (Å²) < 4.78 is 10.0. The van der Waals surface area contributed by atoms with Crippen LogP contribution in [0.5, 0.6) is 0 Å². The fraction of sp³-hybridized carbons (Fsp3) is 0.579. The third kappa shape index (κ3) is 5.71. The van der Waals surface area contributed by atoms with Crippen LogP contribution in [-0.2, 0) is 25.6 Å². The molecular weight excluding hydrogens is 334 g/mol. The van der Waals surface area contributed by atoms with Crippen molar-refractivity contribution in [2.24, 2.45) is 5.92 Å². The van der Waals surface area contributed by atoms with Crippen molar-refractivity contribution in [3.05, 3.63) is 23.8 Å². The highest BCUT2D eigenvalue weighted by Crippen LogP contribution is 2.32. The van der Waals surface area contributed by atoms with Crippen LogP contribution in [0, 0.1) is 5.92 Å². The molecule has 7 heteroatoms. The highest BCUT2D eigenvalue weighted by atomic mass is 16.5. The Morgan fingerprint density at radius 1 is 1.19 bits per heavy atom. The fourth-order valence-electron chi connectivity index (χ4n) is 2.82. The van der Waals surface area contributed by atoms with Crippen molar-refractivity contribution in [3.63, 3.8) is 0 Å². The van der Waals surface area contributed by atoms with E-state index in [0.29, 0.717) is 25.4 Å². The maximum absolute atomic E-state index is 12.6. The topological polar surface area (TPSA) is 71.1 Å². The monoisotopic (exact) mass is 363 g/mol. The number of anilines is 2. The van der Waals surface area contributed by atoms with Gasteiger partial charge < -0.3 is 24.6 Å². The van der Waals surface area contributed by atoms with E-state index in [0.717, 1.165) is 24.1 Å². The molecule has 2 rings (SSSR count). The summed E-state index contributed by atoms with van der Waals surface area (Å²) in [4.78, 5) is 28.3. The predicted octanol–water partition coefficient (Wildman–Crippen LogP) is 1.72. The summed E-state index contributed by atoms with van der Waals surface area (Å²) in [5.41, 5.74) is 2.69. The zero-order valence-corrected chi connectivity index (χ0v) is 16.1. The predicted molar refractivity (Wildman–Crippen MR) is 101 cm³/mol. The van der Waals surface area contributed by atoms with Crippen molar-refractivity contribution in [1.82, 2.24) is 4.90 Å². The van der Waals surface area contributed by atoms with Gasteiger partial charge in [0.05, 0.1) is 6.61 Å². The van der Waals surface area contributed by atoms with E-state index >= 15 is 0 Å². The van der Waals surface area contributed by atoms with Gasteiger partial charge in [-0.2, -0.15) is 0 Å². The Morgan fingerprint density at radius 3 is 2.50 bits per heavy atom. The van der Waals surface area contributed by atoms with Crippen molar-refractivity contribution < 1.29 is 19.1 Å². The molecule has 0 heterocycles. The number of rotatable bonds is 10. The maximum Gasteiger partial charge on any atom is 0.250 e. The average molecular weight is 363 g/mol. The number of amides is 2. The number of benzene rings is 1. The Hall–Kier alpha value is -2.12. The van der Waals surface area contributed by atoms with Gasteiger partial charge in [-0.15, -0.1) is 0 Å². The van der Waals surface area contributed by atoms with Gasteiger partial charge in [0.15, 0.2) is 0 Å². The van der Waals surface area contributed by atoms with Crippen molar-refractivity contribution in [2.45, 2.75) is 19.4 Å². The van der Waals surface area contributed by atoms with E-state index in [1.165, 1.54) is 7.11 Å². The summed E-state index contributed by atoms with van der Waals surface area (Å²) in [7, 11) is 7.04. The molecule has 1 fully saturated rings. The summed E-state index contributed by atoms with van der Waals surface area (Å²) in [6.45, 7) is 1.55. The molecule has 1 N–H and O–H groups in total. The minimum absolute atomic E-state index is 0.00486. The third-order valence-electron chi connectivity index (χ3n) is 4.29. The molecule has 0 unspecified atom stereocenters. The molecule has 1 aliphatic rings. The van der Waals surface area contributed by atoms with Crippen molar-refractivity contribution in [1.29, 1.82) is 0 Å². The molecule has 0 saturated heterocycles. The van der Waals surface area contributed by atoms with Gasteiger partial charge in [0, 0.05) is 58.7 Å². The van der Waals surface area contributed by atoms with Gasteiger partial charge in [0.1, 0.15) is 6.61 Å². The van der Waals surface area contributed by atoms with Crippen LogP contribution >= 0.6 is 0 Å². The molecule has 1 aromatic rings. The number of nitrogens with zero attached hydrogens (tertiary/aromatic N) is 2. The number of hydrogen-bond donors (Lipinski definition) is 1. The molecule has 144 valence electrons. The molecule has 1 saturated carbocycles. The van der Waals surface area contributed by atoms with E-state index in [9.17, 15) is 9.59 Å².